The maximum atomic E-state index is 12.1. The van der Waals surface area contributed by atoms with Gasteiger partial charge in [-0.25, -0.2) is 4.98 Å². The van der Waals surface area contributed by atoms with Gasteiger partial charge in [-0.05, 0) is 43.3 Å². The summed E-state index contributed by atoms with van der Waals surface area (Å²) in [5.74, 6) is -0.380. The Labute approximate surface area is 141 Å². The number of benzene rings is 1. The summed E-state index contributed by atoms with van der Waals surface area (Å²) < 4.78 is 0. The van der Waals surface area contributed by atoms with Gasteiger partial charge in [0.1, 0.15) is 0 Å². The second-order valence-electron chi connectivity index (χ2n) is 4.73. The van der Waals surface area contributed by atoms with E-state index in [9.17, 15) is 9.59 Å². The van der Waals surface area contributed by atoms with Crippen molar-refractivity contribution in [2.24, 2.45) is 0 Å². The smallest absolute Gasteiger partial charge is 0.265 e. The van der Waals surface area contributed by atoms with Crippen molar-refractivity contribution in [3.63, 3.8) is 0 Å². The van der Waals surface area contributed by atoms with Gasteiger partial charge < -0.3 is 5.32 Å². The molecule has 0 atom stereocenters. The highest BCUT2D eigenvalue weighted by Crippen LogP contribution is 2.18. The number of nitrogens with zero attached hydrogens (tertiary/aromatic N) is 1. The predicted molar refractivity (Wildman–Crippen MR) is 93.5 cm³/mol. The van der Waals surface area contributed by atoms with Crippen molar-refractivity contribution in [2.75, 3.05) is 10.6 Å². The van der Waals surface area contributed by atoms with Crippen molar-refractivity contribution in [3.05, 3.63) is 63.3 Å². The van der Waals surface area contributed by atoms with Crippen LogP contribution in [0.2, 0.25) is 0 Å². The van der Waals surface area contributed by atoms with Gasteiger partial charge in [-0.2, -0.15) is 0 Å². The van der Waals surface area contributed by atoms with Gasteiger partial charge in [0, 0.05) is 27.7 Å². The van der Waals surface area contributed by atoms with E-state index >= 15 is 0 Å². The summed E-state index contributed by atoms with van der Waals surface area (Å²) in [4.78, 5) is 29.9. The number of hydrogen-bond acceptors (Lipinski definition) is 5. The molecule has 5 nitrogen and oxygen atoms in total. The zero-order chi connectivity index (χ0) is 16.2. The van der Waals surface area contributed by atoms with E-state index in [1.807, 2.05) is 13.0 Å². The van der Waals surface area contributed by atoms with Crippen molar-refractivity contribution in [1.82, 2.24) is 4.98 Å². The molecule has 116 valence electrons. The summed E-state index contributed by atoms with van der Waals surface area (Å²) in [7, 11) is 0. The summed E-state index contributed by atoms with van der Waals surface area (Å²) in [5, 5.41) is 7.87. The van der Waals surface area contributed by atoms with Gasteiger partial charge >= 0.3 is 0 Å². The third kappa shape index (κ3) is 3.82. The highest BCUT2D eigenvalue weighted by atomic mass is 32.1. The van der Waals surface area contributed by atoms with Gasteiger partial charge in [-0.1, -0.05) is 0 Å². The third-order valence-electron chi connectivity index (χ3n) is 3.02. The Bertz CT molecular complexity index is 823. The Balaban J connectivity index is 1.65. The molecule has 0 aliphatic rings. The molecule has 0 aliphatic carbocycles. The topological polar surface area (TPSA) is 71.1 Å². The van der Waals surface area contributed by atoms with Gasteiger partial charge in [0.05, 0.1) is 4.88 Å². The Morgan fingerprint density at radius 3 is 2.39 bits per heavy atom. The molecule has 2 aromatic heterocycles. The normalized spacial score (nSPS) is 10.3. The monoisotopic (exact) mass is 343 g/mol. The maximum Gasteiger partial charge on any atom is 0.265 e. The molecule has 1 aromatic carbocycles. The zero-order valence-electron chi connectivity index (χ0n) is 12.2. The van der Waals surface area contributed by atoms with E-state index < -0.39 is 0 Å². The van der Waals surface area contributed by atoms with Gasteiger partial charge in [0.25, 0.3) is 11.8 Å². The molecule has 0 spiro atoms. The minimum absolute atomic E-state index is 0.150. The fourth-order valence-electron chi connectivity index (χ4n) is 1.91. The lowest BCUT2D eigenvalue weighted by atomic mass is 10.2. The van der Waals surface area contributed by atoms with Crippen molar-refractivity contribution in [2.45, 2.75) is 6.92 Å². The van der Waals surface area contributed by atoms with Crippen LogP contribution in [0.25, 0.3) is 0 Å². The molecular weight excluding hydrogens is 330 g/mol. The number of thiophene rings is 1. The number of rotatable bonds is 4. The number of aromatic nitrogens is 1. The number of carbonyl (C=O) groups is 2. The first-order chi connectivity index (χ1) is 11.1. The van der Waals surface area contributed by atoms with Gasteiger partial charge in [-0.3, -0.25) is 14.9 Å². The zero-order valence-corrected chi connectivity index (χ0v) is 13.8. The lowest BCUT2D eigenvalue weighted by molar-refractivity contribution is 0.102. The lowest BCUT2D eigenvalue weighted by Gasteiger charge is -2.05. The van der Waals surface area contributed by atoms with E-state index in [2.05, 4.69) is 15.6 Å². The predicted octanol–water partition coefficient (Wildman–Crippen LogP) is 4.02. The molecule has 2 heterocycles. The van der Waals surface area contributed by atoms with Crippen LogP contribution in [0.3, 0.4) is 0 Å². The molecule has 7 heteroatoms. The number of carbonyl (C=O) groups excluding carboxylic acids is 2. The molecule has 3 aromatic rings. The third-order valence-corrected chi connectivity index (χ3v) is 4.71. The van der Waals surface area contributed by atoms with E-state index in [1.54, 1.807) is 41.9 Å². The Morgan fingerprint density at radius 1 is 1.00 bits per heavy atom. The van der Waals surface area contributed by atoms with Gasteiger partial charge in [0.2, 0.25) is 0 Å². The Kier molecular flexibility index (Phi) is 4.50. The van der Waals surface area contributed by atoms with E-state index in [4.69, 9.17) is 0 Å². The summed E-state index contributed by atoms with van der Waals surface area (Å²) in [6, 6.07) is 10.4. The first-order valence-electron chi connectivity index (χ1n) is 6.80. The average molecular weight is 343 g/mol. The van der Waals surface area contributed by atoms with Crippen molar-refractivity contribution >= 4 is 45.3 Å². The number of amides is 2. The highest BCUT2D eigenvalue weighted by Gasteiger charge is 2.10. The minimum Gasteiger partial charge on any atom is -0.321 e. The van der Waals surface area contributed by atoms with Crippen LogP contribution in [-0.4, -0.2) is 16.8 Å². The van der Waals surface area contributed by atoms with Crippen LogP contribution in [0.1, 0.15) is 24.9 Å². The van der Waals surface area contributed by atoms with Crippen LogP contribution in [0.15, 0.2) is 48.0 Å². The van der Waals surface area contributed by atoms with E-state index in [1.165, 1.54) is 22.7 Å². The second kappa shape index (κ2) is 6.72. The van der Waals surface area contributed by atoms with Crippen LogP contribution in [-0.2, 0) is 0 Å². The van der Waals surface area contributed by atoms with Crippen LogP contribution in [0, 0.1) is 6.92 Å². The molecule has 0 radical (unpaired) electrons. The SMILES string of the molecule is Cc1ccc(C(=O)Nc2ccc(C(=O)Nc3nccs3)cc2)s1. The summed E-state index contributed by atoms with van der Waals surface area (Å²) in [6.07, 6.45) is 1.63. The molecule has 0 aliphatic heterocycles. The van der Waals surface area contributed by atoms with Crippen molar-refractivity contribution < 1.29 is 9.59 Å². The van der Waals surface area contributed by atoms with E-state index in [-0.39, 0.29) is 11.8 Å². The summed E-state index contributed by atoms with van der Waals surface area (Å²) in [5.41, 5.74) is 1.15. The summed E-state index contributed by atoms with van der Waals surface area (Å²) >= 11 is 2.80. The highest BCUT2D eigenvalue weighted by molar-refractivity contribution is 7.14. The Hall–Kier alpha value is -2.51. The fraction of sp³-hybridized carbons (Fsp3) is 0.0625. The number of thiazole rings is 1. The number of anilines is 2. The Morgan fingerprint density at radius 2 is 1.78 bits per heavy atom. The van der Waals surface area contributed by atoms with E-state index in [0.717, 1.165) is 4.88 Å². The van der Waals surface area contributed by atoms with Crippen LogP contribution in [0.4, 0.5) is 10.8 Å². The molecule has 0 saturated carbocycles. The molecule has 2 N–H and O–H groups in total. The maximum absolute atomic E-state index is 12.1. The van der Waals surface area contributed by atoms with Crippen LogP contribution < -0.4 is 10.6 Å². The number of hydrogen-bond donors (Lipinski definition) is 2. The van der Waals surface area contributed by atoms with Crippen molar-refractivity contribution in [3.8, 4) is 0 Å². The van der Waals surface area contributed by atoms with Crippen LogP contribution in [0.5, 0.6) is 0 Å². The molecular formula is C16H13N3O2S2. The molecule has 23 heavy (non-hydrogen) atoms. The van der Waals surface area contributed by atoms with Gasteiger partial charge in [-0.15, -0.1) is 22.7 Å². The lowest BCUT2D eigenvalue weighted by Crippen LogP contribution is -2.13. The molecule has 3 rings (SSSR count). The van der Waals surface area contributed by atoms with Crippen molar-refractivity contribution in [1.29, 1.82) is 0 Å². The second-order valence-corrected chi connectivity index (χ2v) is 6.92. The fourth-order valence-corrected chi connectivity index (χ4v) is 3.20. The number of aryl methyl sites for hydroxylation is 1. The first kappa shape index (κ1) is 15.4. The molecule has 2 amide bonds. The van der Waals surface area contributed by atoms with E-state index in [0.29, 0.717) is 21.3 Å². The van der Waals surface area contributed by atoms with Crippen LogP contribution >= 0.6 is 22.7 Å². The molecule has 0 saturated heterocycles. The quantitative estimate of drug-likeness (QED) is 0.751. The standard InChI is InChI=1S/C16H13N3O2S2/c1-10-2-7-13(23-10)15(21)18-12-5-3-11(4-6-12)14(20)19-16-17-8-9-22-16/h2-9H,1H3,(H,18,21)(H,17,19,20). The van der Waals surface area contributed by atoms with Gasteiger partial charge in [0.15, 0.2) is 5.13 Å². The molecule has 0 bridgehead atoms. The average Bonchev–Trinajstić information content (AvgIpc) is 3.19. The molecule has 0 unspecified atom stereocenters. The molecule has 0 fully saturated rings. The number of nitrogens with one attached hydrogen (secondary N) is 2. The summed E-state index contributed by atoms with van der Waals surface area (Å²) in [6.45, 7) is 1.96. The first-order valence-corrected chi connectivity index (χ1v) is 8.50. The minimum atomic E-state index is -0.230. The largest absolute Gasteiger partial charge is 0.321 e.